The van der Waals surface area contributed by atoms with E-state index in [0.29, 0.717) is 23.6 Å². The van der Waals surface area contributed by atoms with Crippen LogP contribution in [0.25, 0.3) is 0 Å². The van der Waals surface area contributed by atoms with Gasteiger partial charge >= 0.3 is 0 Å². The van der Waals surface area contributed by atoms with Gasteiger partial charge in [0.2, 0.25) is 10.0 Å². The first kappa shape index (κ1) is 17.3. The highest BCUT2D eigenvalue weighted by Gasteiger charge is 2.23. The monoisotopic (exact) mass is 361 g/mol. The van der Waals surface area contributed by atoms with Gasteiger partial charge in [-0.1, -0.05) is 30.1 Å². The highest BCUT2D eigenvalue weighted by molar-refractivity contribution is 7.89. The molecule has 2 rings (SSSR count). The summed E-state index contributed by atoms with van der Waals surface area (Å²) < 4.78 is 29.6. The van der Waals surface area contributed by atoms with Crippen LogP contribution in [0, 0.1) is 6.92 Å². The summed E-state index contributed by atoms with van der Waals surface area (Å²) in [6.45, 7) is 4.10. The predicted octanol–water partition coefficient (Wildman–Crippen LogP) is 3.26. The summed E-state index contributed by atoms with van der Waals surface area (Å²) in [5, 5.41) is 0.590. The van der Waals surface area contributed by atoms with Gasteiger partial charge in [0.15, 0.2) is 0 Å². The van der Waals surface area contributed by atoms with Crippen LogP contribution in [0.4, 0.5) is 0 Å². The lowest BCUT2D eigenvalue weighted by Gasteiger charge is -2.18. The molecule has 120 valence electrons. The summed E-state index contributed by atoms with van der Waals surface area (Å²) in [7, 11) is -3.72. The van der Waals surface area contributed by atoms with Gasteiger partial charge in [-0.05, 0) is 31.0 Å². The summed E-state index contributed by atoms with van der Waals surface area (Å²) in [6.07, 6.45) is 5.73. The van der Waals surface area contributed by atoms with Gasteiger partial charge < -0.3 is 4.57 Å². The zero-order valence-electron chi connectivity index (χ0n) is 12.3. The molecule has 0 saturated heterocycles. The molecule has 22 heavy (non-hydrogen) atoms. The zero-order valence-corrected chi connectivity index (χ0v) is 14.6. The topological polar surface area (TPSA) is 64.0 Å². The normalized spacial score (nSPS) is 13.3. The Hall–Kier alpha value is -1.08. The standard InChI is InChI=1S/C14H17Cl2N3O2S/c1-3-11(8-19-7-6-17-9-19)18-22(20,21)13-5-4-12(15)10(2)14(13)16/h4-7,9,11,18H,3,8H2,1-2H3/t11-/m1/s1. The van der Waals surface area contributed by atoms with Crippen LogP contribution in [0.15, 0.2) is 35.7 Å². The molecular formula is C14H17Cl2N3O2S. The second-order valence-corrected chi connectivity index (χ2v) is 7.44. The minimum absolute atomic E-state index is 0.0418. The van der Waals surface area contributed by atoms with Crippen molar-refractivity contribution in [3.8, 4) is 0 Å². The molecule has 0 amide bonds. The smallest absolute Gasteiger partial charge is 0.242 e. The van der Waals surface area contributed by atoms with Gasteiger partial charge in [0.05, 0.1) is 11.3 Å². The fraction of sp³-hybridized carbons (Fsp3) is 0.357. The van der Waals surface area contributed by atoms with E-state index in [4.69, 9.17) is 23.2 Å². The van der Waals surface area contributed by atoms with Crippen molar-refractivity contribution in [1.29, 1.82) is 0 Å². The Morgan fingerprint density at radius 2 is 2.09 bits per heavy atom. The molecule has 0 aliphatic heterocycles. The second kappa shape index (κ2) is 7.00. The Bertz CT molecular complexity index is 746. The summed E-state index contributed by atoms with van der Waals surface area (Å²) in [6, 6.07) is 2.70. The number of rotatable bonds is 6. The molecule has 0 aliphatic rings. The number of aromatic nitrogens is 2. The third kappa shape index (κ3) is 3.81. The van der Waals surface area contributed by atoms with Gasteiger partial charge in [0, 0.05) is 30.0 Å². The third-order valence-corrected chi connectivity index (χ3v) is 5.95. The van der Waals surface area contributed by atoms with Gasteiger partial charge in [0.25, 0.3) is 0 Å². The summed E-state index contributed by atoms with van der Waals surface area (Å²) in [5.41, 5.74) is 0.550. The molecule has 0 bridgehead atoms. The summed E-state index contributed by atoms with van der Waals surface area (Å²) in [5.74, 6) is 0. The lowest BCUT2D eigenvalue weighted by atomic mass is 10.2. The first-order chi connectivity index (χ1) is 10.3. The van der Waals surface area contributed by atoms with E-state index < -0.39 is 10.0 Å². The van der Waals surface area contributed by atoms with Crippen molar-refractivity contribution in [3.05, 3.63) is 46.5 Å². The molecule has 1 heterocycles. The van der Waals surface area contributed by atoms with Crippen LogP contribution >= 0.6 is 23.2 Å². The van der Waals surface area contributed by atoms with Crippen LogP contribution in [0.3, 0.4) is 0 Å². The van der Waals surface area contributed by atoms with Crippen molar-refractivity contribution in [2.24, 2.45) is 0 Å². The molecule has 8 heteroatoms. The second-order valence-electron chi connectivity index (χ2n) is 4.97. The van der Waals surface area contributed by atoms with E-state index in [1.165, 1.54) is 12.1 Å². The van der Waals surface area contributed by atoms with Crippen LogP contribution in [0.5, 0.6) is 0 Å². The maximum absolute atomic E-state index is 12.6. The van der Waals surface area contributed by atoms with E-state index in [1.807, 2.05) is 11.5 Å². The fourth-order valence-corrected chi connectivity index (χ4v) is 4.14. The largest absolute Gasteiger partial charge is 0.336 e. The molecule has 1 N–H and O–H groups in total. The highest BCUT2D eigenvalue weighted by Crippen LogP contribution is 2.30. The number of halogens is 2. The number of benzene rings is 1. The zero-order chi connectivity index (χ0) is 16.3. The van der Waals surface area contributed by atoms with E-state index in [9.17, 15) is 8.42 Å². The Morgan fingerprint density at radius 1 is 1.36 bits per heavy atom. The first-order valence-corrected chi connectivity index (χ1v) is 9.01. The van der Waals surface area contributed by atoms with Crippen molar-refractivity contribution in [2.45, 2.75) is 37.8 Å². The molecule has 1 aromatic heterocycles. The van der Waals surface area contributed by atoms with Crippen LogP contribution < -0.4 is 4.72 Å². The van der Waals surface area contributed by atoms with Crippen LogP contribution in [0.1, 0.15) is 18.9 Å². The molecule has 0 saturated carbocycles. The van der Waals surface area contributed by atoms with Crippen LogP contribution in [0.2, 0.25) is 10.0 Å². The molecule has 1 aromatic carbocycles. The average Bonchev–Trinajstić information content (AvgIpc) is 2.96. The summed E-state index contributed by atoms with van der Waals surface area (Å²) >= 11 is 12.1. The Balaban J connectivity index is 2.24. The third-order valence-electron chi connectivity index (χ3n) is 3.38. The van der Waals surface area contributed by atoms with Crippen molar-refractivity contribution < 1.29 is 8.42 Å². The summed E-state index contributed by atoms with van der Waals surface area (Å²) in [4.78, 5) is 3.99. The maximum Gasteiger partial charge on any atom is 0.242 e. The fourth-order valence-electron chi connectivity index (χ4n) is 2.03. The molecule has 0 unspecified atom stereocenters. The Kier molecular flexibility index (Phi) is 5.50. The van der Waals surface area contributed by atoms with Gasteiger partial charge in [-0.3, -0.25) is 0 Å². The lowest BCUT2D eigenvalue weighted by Crippen LogP contribution is -2.37. The van der Waals surface area contributed by atoms with Gasteiger partial charge in [-0.15, -0.1) is 0 Å². The molecule has 2 aromatic rings. The quantitative estimate of drug-likeness (QED) is 0.858. The number of hydrogen-bond donors (Lipinski definition) is 1. The number of imidazole rings is 1. The van der Waals surface area contributed by atoms with E-state index in [-0.39, 0.29) is 16.0 Å². The first-order valence-electron chi connectivity index (χ1n) is 6.77. The van der Waals surface area contributed by atoms with Crippen molar-refractivity contribution in [3.63, 3.8) is 0 Å². The van der Waals surface area contributed by atoms with Gasteiger partial charge in [-0.25, -0.2) is 18.1 Å². The van der Waals surface area contributed by atoms with Crippen molar-refractivity contribution in [2.75, 3.05) is 0 Å². The molecule has 0 fully saturated rings. The van der Waals surface area contributed by atoms with Crippen molar-refractivity contribution in [1.82, 2.24) is 14.3 Å². The number of nitrogens with zero attached hydrogens (tertiary/aromatic N) is 2. The minimum Gasteiger partial charge on any atom is -0.336 e. The molecule has 0 radical (unpaired) electrons. The van der Waals surface area contributed by atoms with E-state index in [0.717, 1.165) is 0 Å². The number of sulfonamides is 1. The minimum atomic E-state index is -3.72. The molecule has 1 atom stereocenters. The lowest BCUT2D eigenvalue weighted by molar-refractivity contribution is 0.485. The molecular weight excluding hydrogens is 345 g/mol. The van der Waals surface area contributed by atoms with Gasteiger partial charge in [-0.2, -0.15) is 0 Å². The van der Waals surface area contributed by atoms with E-state index >= 15 is 0 Å². The molecule has 0 aliphatic carbocycles. The van der Waals surface area contributed by atoms with E-state index in [2.05, 4.69) is 9.71 Å². The van der Waals surface area contributed by atoms with Crippen LogP contribution in [-0.2, 0) is 16.6 Å². The predicted molar refractivity (Wildman–Crippen MR) is 87.8 cm³/mol. The number of nitrogens with one attached hydrogen (secondary N) is 1. The SMILES string of the molecule is CC[C@H](Cn1ccnc1)NS(=O)(=O)c1ccc(Cl)c(C)c1Cl. The van der Waals surface area contributed by atoms with Gasteiger partial charge in [0.1, 0.15) is 4.90 Å². The molecule has 5 nitrogen and oxygen atoms in total. The Labute approximate surface area is 140 Å². The maximum atomic E-state index is 12.6. The highest BCUT2D eigenvalue weighted by atomic mass is 35.5. The Morgan fingerprint density at radius 3 is 2.68 bits per heavy atom. The number of hydrogen-bond acceptors (Lipinski definition) is 3. The van der Waals surface area contributed by atoms with E-state index in [1.54, 1.807) is 25.6 Å². The van der Waals surface area contributed by atoms with Crippen molar-refractivity contribution >= 4 is 33.2 Å². The molecule has 0 spiro atoms. The van der Waals surface area contributed by atoms with Crippen LogP contribution in [-0.4, -0.2) is 24.0 Å². The average molecular weight is 362 g/mol.